The maximum atomic E-state index is 11.5. The quantitative estimate of drug-likeness (QED) is 0.832. The third-order valence-electron chi connectivity index (χ3n) is 3.58. The average molecular weight is 285 g/mol. The van der Waals surface area contributed by atoms with Gasteiger partial charge in [0, 0.05) is 6.04 Å². The molecule has 5 heteroatoms. The Bertz CT molecular complexity index is 420. The largest absolute Gasteiger partial charge is 0.465 e. The summed E-state index contributed by atoms with van der Waals surface area (Å²) < 4.78 is 4.73. The van der Waals surface area contributed by atoms with Gasteiger partial charge in [-0.25, -0.2) is 4.79 Å². The van der Waals surface area contributed by atoms with Crippen molar-refractivity contribution >= 4 is 18.4 Å². The van der Waals surface area contributed by atoms with E-state index in [-0.39, 0.29) is 24.4 Å². The lowest BCUT2D eigenvalue weighted by Gasteiger charge is -2.28. The molecule has 1 aromatic carbocycles. The summed E-state index contributed by atoms with van der Waals surface area (Å²) in [5.41, 5.74) is 7.89. The fourth-order valence-electron chi connectivity index (χ4n) is 2.47. The third-order valence-corrected chi connectivity index (χ3v) is 3.58. The van der Waals surface area contributed by atoms with E-state index in [1.807, 2.05) is 18.2 Å². The molecule has 0 amide bonds. The van der Waals surface area contributed by atoms with E-state index in [1.165, 1.54) is 7.11 Å². The summed E-state index contributed by atoms with van der Waals surface area (Å²) in [6, 6.07) is 7.45. The highest BCUT2D eigenvalue weighted by molar-refractivity contribution is 5.89. The van der Waals surface area contributed by atoms with Crippen molar-refractivity contribution < 1.29 is 9.53 Å². The lowest BCUT2D eigenvalue weighted by atomic mass is 9.86. The molecule has 1 saturated heterocycles. The van der Waals surface area contributed by atoms with Gasteiger partial charge in [0.1, 0.15) is 0 Å². The number of piperidine rings is 1. The number of hydrogen-bond acceptors (Lipinski definition) is 4. The van der Waals surface area contributed by atoms with E-state index >= 15 is 0 Å². The van der Waals surface area contributed by atoms with Crippen LogP contribution >= 0.6 is 12.4 Å². The van der Waals surface area contributed by atoms with Crippen LogP contribution in [0.25, 0.3) is 0 Å². The Labute approximate surface area is 120 Å². The van der Waals surface area contributed by atoms with Crippen molar-refractivity contribution in [1.82, 2.24) is 5.32 Å². The second-order valence-electron chi connectivity index (χ2n) is 4.73. The van der Waals surface area contributed by atoms with Crippen LogP contribution in [0.1, 0.15) is 34.8 Å². The van der Waals surface area contributed by atoms with Crippen molar-refractivity contribution in [3.8, 4) is 0 Å². The van der Waals surface area contributed by atoms with Gasteiger partial charge in [0.2, 0.25) is 0 Å². The van der Waals surface area contributed by atoms with Crippen molar-refractivity contribution in [1.29, 1.82) is 0 Å². The van der Waals surface area contributed by atoms with E-state index in [2.05, 4.69) is 5.32 Å². The highest BCUT2D eigenvalue weighted by Gasteiger charge is 2.22. The molecule has 1 aliphatic rings. The molecule has 1 aromatic rings. The topological polar surface area (TPSA) is 64.3 Å². The zero-order valence-electron chi connectivity index (χ0n) is 11.1. The molecule has 1 heterocycles. The Hall–Kier alpha value is -1.10. The third kappa shape index (κ3) is 3.93. The fraction of sp³-hybridized carbons (Fsp3) is 0.500. The number of rotatable bonds is 3. The van der Waals surface area contributed by atoms with Crippen molar-refractivity contribution in [3.63, 3.8) is 0 Å². The minimum Gasteiger partial charge on any atom is -0.465 e. The van der Waals surface area contributed by atoms with E-state index < -0.39 is 0 Å². The first-order valence-electron chi connectivity index (χ1n) is 6.37. The minimum absolute atomic E-state index is 0. The van der Waals surface area contributed by atoms with Crippen LogP contribution in [-0.4, -0.2) is 26.2 Å². The highest BCUT2D eigenvalue weighted by atomic mass is 35.5. The normalized spacial score (nSPS) is 17.4. The Kier molecular flexibility index (Phi) is 6.28. The summed E-state index contributed by atoms with van der Waals surface area (Å²) in [5, 5.41) is 3.33. The maximum Gasteiger partial charge on any atom is 0.337 e. The molecule has 0 radical (unpaired) electrons. The SMILES string of the molecule is COC(=O)c1cccc([C@H](N)C2CCNCC2)c1.Cl. The summed E-state index contributed by atoms with van der Waals surface area (Å²) >= 11 is 0. The van der Waals surface area contributed by atoms with Gasteiger partial charge >= 0.3 is 5.97 Å². The van der Waals surface area contributed by atoms with Crippen molar-refractivity contribution in [2.75, 3.05) is 20.2 Å². The van der Waals surface area contributed by atoms with E-state index in [1.54, 1.807) is 6.07 Å². The van der Waals surface area contributed by atoms with Gasteiger partial charge in [0.25, 0.3) is 0 Å². The first kappa shape index (κ1) is 16.0. The van der Waals surface area contributed by atoms with Gasteiger partial charge in [-0.1, -0.05) is 12.1 Å². The molecule has 0 spiro atoms. The molecule has 0 unspecified atom stereocenters. The monoisotopic (exact) mass is 284 g/mol. The van der Waals surface area contributed by atoms with E-state index in [0.717, 1.165) is 31.5 Å². The number of carbonyl (C=O) groups is 1. The van der Waals surface area contributed by atoms with Crippen LogP contribution in [0, 0.1) is 5.92 Å². The lowest BCUT2D eigenvalue weighted by molar-refractivity contribution is 0.0600. The molecule has 19 heavy (non-hydrogen) atoms. The highest BCUT2D eigenvalue weighted by Crippen LogP contribution is 2.27. The van der Waals surface area contributed by atoms with Crippen LogP contribution in [0.2, 0.25) is 0 Å². The van der Waals surface area contributed by atoms with Crippen LogP contribution in [0.4, 0.5) is 0 Å². The Morgan fingerprint density at radius 1 is 1.42 bits per heavy atom. The number of methoxy groups -OCH3 is 1. The zero-order chi connectivity index (χ0) is 13.0. The molecule has 0 aromatic heterocycles. The molecule has 1 aliphatic heterocycles. The number of nitrogens with one attached hydrogen (secondary N) is 1. The molecular weight excluding hydrogens is 264 g/mol. The van der Waals surface area contributed by atoms with Crippen LogP contribution in [0.15, 0.2) is 24.3 Å². The van der Waals surface area contributed by atoms with E-state index in [4.69, 9.17) is 10.5 Å². The second kappa shape index (κ2) is 7.48. The minimum atomic E-state index is -0.311. The molecular formula is C14H21ClN2O2. The number of carbonyl (C=O) groups excluding carboxylic acids is 1. The number of benzene rings is 1. The van der Waals surface area contributed by atoms with Crippen LogP contribution < -0.4 is 11.1 Å². The molecule has 3 N–H and O–H groups in total. The van der Waals surface area contributed by atoms with Crippen LogP contribution in [-0.2, 0) is 4.74 Å². The summed E-state index contributed by atoms with van der Waals surface area (Å²) in [5.74, 6) is 0.175. The molecule has 4 nitrogen and oxygen atoms in total. The number of esters is 1. The van der Waals surface area contributed by atoms with Gasteiger partial charge < -0.3 is 15.8 Å². The van der Waals surface area contributed by atoms with Crippen LogP contribution in [0.3, 0.4) is 0 Å². The van der Waals surface area contributed by atoms with E-state index in [9.17, 15) is 4.79 Å². The first-order chi connectivity index (χ1) is 8.72. The maximum absolute atomic E-state index is 11.5. The molecule has 1 fully saturated rings. The van der Waals surface area contributed by atoms with Gasteiger partial charge in [-0.2, -0.15) is 0 Å². The number of hydrogen-bond donors (Lipinski definition) is 2. The van der Waals surface area contributed by atoms with Gasteiger partial charge in [-0.05, 0) is 49.5 Å². The summed E-state index contributed by atoms with van der Waals surface area (Å²) in [6.07, 6.45) is 2.17. The second-order valence-corrected chi connectivity index (χ2v) is 4.73. The van der Waals surface area contributed by atoms with Crippen molar-refractivity contribution in [3.05, 3.63) is 35.4 Å². The summed E-state index contributed by atoms with van der Waals surface area (Å²) in [7, 11) is 1.39. The summed E-state index contributed by atoms with van der Waals surface area (Å²) in [6.45, 7) is 2.05. The average Bonchev–Trinajstić information content (AvgIpc) is 2.46. The van der Waals surface area contributed by atoms with E-state index in [0.29, 0.717) is 11.5 Å². The first-order valence-corrected chi connectivity index (χ1v) is 6.37. The predicted molar refractivity (Wildman–Crippen MR) is 77.6 cm³/mol. The lowest BCUT2D eigenvalue weighted by Crippen LogP contribution is -2.33. The van der Waals surface area contributed by atoms with Crippen molar-refractivity contribution in [2.24, 2.45) is 11.7 Å². The van der Waals surface area contributed by atoms with Gasteiger partial charge in [0.05, 0.1) is 12.7 Å². The van der Waals surface area contributed by atoms with Crippen molar-refractivity contribution in [2.45, 2.75) is 18.9 Å². The molecule has 0 saturated carbocycles. The Balaban J connectivity index is 0.00000180. The Morgan fingerprint density at radius 2 is 2.11 bits per heavy atom. The number of halogens is 1. The molecule has 0 aliphatic carbocycles. The standard InChI is InChI=1S/C14H20N2O2.ClH/c1-18-14(17)12-4-2-3-11(9-12)13(15)10-5-7-16-8-6-10;/h2-4,9-10,13,16H,5-8,15H2,1H3;1H/t13-;/m1./s1. The van der Waals surface area contributed by atoms with Crippen LogP contribution in [0.5, 0.6) is 0 Å². The predicted octanol–water partition coefficient (Wildman–Crippen LogP) is 1.89. The molecule has 1 atom stereocenters. The smallest absolute Gasteiger partial charge is 0.337 e. The summed E-state index contributed by atoms with van der Waals surface area (Å²) in [4.78, 5) is 11.5. The molecule has 0 bridgehead atoms. The number of ether oxygens (including phenoxy) is 1. The van der Waals surface area contributed by atoms with Gasteiger partial charge in [0.15, 0.2) is 0 Å². The molecule has 106 valence electrons. The Morgan fingerprint density at radius 3 is 2.74 bits per heavy atom. The number of nitrogens with two attached hydrogens (primary N) is 1. The fourth-order valence-corrected chi connectivity index (χ4v) is 2.47. The van der Waals surface area contributed by atoms with Gasteiger partial charge in [-0.15, -0.1) is 12.4 Å². The molecule has 2 rings (SSSR count). The zero-order valence-corrected chi connectivity index (χ0v) is 11.9. The van der Waals surface area contributed by atoms with Gasteiger partial charge in [-0.3, -0.25) is 0 Å².